The van der Waals surface area contributed by atoms with Crippen molar-refractivity contribution in [2.75, 3.05) is 0 Å². The van der Waals surface area contributed by atoms with E-state index < -0.39 is 11.0 Å². The van der Waals surface area contributed by atoms with Gasteiger partial charge < -0.3 is 12.6 Å². The van der Waals surface area contributed by atoms with E-state index in [-0.39, 0.29) is 18.9 Å². The van der Waals surface area contributed by atoms with Crippen LogP contribution in [0.3, 0.4) is 0 Å². The van der Waals surface area contributed by atoms with E-state index in [0.717, 1.165) is 11.8 Å². The van der Waals surface area contributed by atoms with Crippen molar-refractivity contribution >= 4 is 17.1 Å². The van der Waals surface area contributed by atoms with Gasteiger partial charge in [0.25, 0.3) is 0 Å². The van der Waals surface area contributed by atoms with Crippen LogP contribution >= 0.6 is 0 Å². The molecule has 1 aromatic rings. The predicted molar refractivity (Wildman–Crippen MR) is 45.3 cm³/mol. The summed E-state index contributed by atoms with van der Waals surface area (Å²) in [5.41, 5.74) is 0.892. The molecule has 0 spiro atoms. The molecule has 0 heterocycles. The minimum absolute atomic E-state index is 0. The molecule has 0 N–H and O–H groups in total. The monoisotopic (exact) mass is 190 g/mol. The predicted octanol–water partition coefficient (Wildman–Crippen LogP) is -1.10. The van der Waals surface area contributed by atoms with Crippen LogP contribution in [0.1, 0.15) is 5.56 Å². The molecule has 0 bridgehead atoms. The molecule has 1 aromatic carbocycles. The number of rotatable bonds is 3. The van der Waals surface area contributed by atoms with Gasteiger partial charge in [-0.3, -0.25) is 0 Å². The van der Waals surface area contributed by atoms with Crippen LogP contribution in [0.5, 0.6) is 0 Å². The molecule has 3 nitrogen and oxygen atoms in total. The zero-order valence-corrected chi connectivity index (χ0v) is 7.99. The van der Waals surface area contributed by atoms with E-state index in [2.05, 4.69) is 4.18 Å². The summed E-state index contributed by atoms with van der Waals surface area (Å²) in [6.07, 6.45) is 2.69. The summed E-state index contributed by atoms with van der Waals surface area (Å²) in [6.45, 7) is 0. The SMILES string of the molecule is O=[S-](=O)OC=Cc1ccccc1.[Li+]. The smallest absolute Gasteiger partial charge is 0.539 e. The topological polar surface area (TPSA) is 43.4 Å². The van der Waals surface area contributed by atoms with E-state index in [0.29, 0.717) is 0 Å². The number of hydrogen-bond donors (Lipinski definition) is 0. The van der Waals surface area contributed by atoms with Crippen molar-refractivity contribution in [3.63, 3.8) is 0 Å². The van der Waals surface area contributed by atoms with Crippen LogP contribution in [0, 0.1) is 0 Å². The number of hydrogen-bond acceptors (Lipinski definition) is 4. The van der Waals surface area contributed by atoms with Crippen LogP contribution < -0.4 is 18.9 Å². The second kappa shape index (κ2) is 6.78. The maximum absolute atomic E-state index is 9.92. The summed E-state index contributed by atoms with van der Waals surface area (Å²) < 4.78 is 24.0. The Morgan fingerprint density at radius 3 is 2.31 bits per heavy atom. The van der Waals surface area contributed by atoms with Gasteiger partial charge in [0.15, 0.2) is 0 Å². The normalized spacial score (nSPS) is 9.92. The molecule has 0 atom stereocenters. The van der Waals surface area contributed by atoms with Gasteiger partial charge in [-0.25, -0.2) is 0 Å². The molecule has 5 heteroatoms. The Labute approximate surface area is 90.7 Å². The van der Waals surface area contributed by atoms with Gasteiger partial charge in [-0.2, -0.15) is 0 Å². The average molecular weight is 190 g/mol. The second-order valence-electron chi connectivity index (χ2n) is 2.01. The van der Waals surface area contributed by atoms with Crippen LogP contribution in [0.2, 0.25) is 0 Å². The Hall–Kier alpha value is -0.693. The van der Waals surface area contributed by atoms with Gasteiger partial charge in [0.2, 0.25) is 0 Å². The first kappa shape index (κ1) is 12.3. The summed E-state index contributed by atoms with van der Waals surface area (Å²) >= 11 is 0. The van der Waals surface area contributed by atoms with Crippen molar-refractivity contribution in [2.45, 2.75) is 0 Å². The van der Waals surface area contributed by atoms with Crippen molar-refractivity contribution in [3.05, 3.63) is 42.2 Å². The van der Waals surface area contributed by atoms with Crippen molar-refractivity contribution in [2.24, 2.45) is 0 Å². The van der Waals surface area contributed by atoms with Gasteiger partial charge in [-0.1, -0.05) is 30.3 Å². The molecule has 64 valence electrons. The Kier molecular flexibility index (Phi) is 6.42. The Morgan fingerprint density at radius 1 is 1.15 bits per heavy atom. The zero-order valence-electron chi connectivity index (χ0n) is 7.17. The molecular formula is C8H7LiO3S. The molecule has 0 aliphatic rings. The van der Waals surface area contributed by atoms with Gasteiger partial charge >= 0.3 is 18.9 Å². The zero-order chi connectivity index (χ0) is 8.81. The van der Waals surface area contributed by atoms with Gasteiger partial charge in [-0.05, 0) is 11.6 Å². The van der Waals surface area contributed by atoms with Crippen molar-refractivity contribution in [1.29, 1.82) is 0 Å². The van der Waals surface area contributed by atoms with Crippen LogP contribution in [-0.2, 0) is 23.6 Å². The fourth-order valence-corrected chi connectivity index (χ4v) is 0.862. The molecule has 0 aliphatic carbocycles. The first-order chi connectivity index (χ1) is 5.79. The van der Waals surface area contributed by atoms with Gasteiger partial charge in [0, 0.05) is 0 Å². The number of benzene rings is 1. The van der Waals surface area contributed by atoms with Crippen LogP contribution in [0.25, 0.3) is 6.08 Å². The largest absolute Gasteiger partial charge is 1.00 e. The summed E-state index contributed by atoms with van der Waals surface area (Å²) in [5.74, 6) is 0. The quantitative estimate of drug-likeness (QED) is 0.345. The third-order valence-corrected chi connectivity index (χ3v) is 1.46. The molecule has 0 saturated heterocycles. The Morgan fingerprint density at radius 2 is 1.77 bits per heavy atom. The van der Waals surface area contributed by atoms with Crippen LogP contribution in [0.15, 0.2) is 36.6 Å². The summed E-state index contributed by atoms with van der Waals surface area (Å²) in [7, 11) is -2.48. The fraction of sp³-hybridized carbons (Fsp3) is 0. The fourth-order valence-electron chi connectivity index (χ4n) is 0.716. The van der Waals surface area contributed by atoms with Crippen LogP contribution in [-0.4, -0.2) is 0 Å². The first-order valence-electron chi connectivity index (χ1n) is 3.27. The van der Waals surface area contributed by atoms with E-state index in [4.69, 9.17) is 0 Å². The molecule has 0 unspecified atom stereocenters. The molecule has 0 radical (unpaired) electrons. The Balaban J connectivity index is 0.00000144. The standard InChI is InChI=1S/C8H7O3S.Li/c9-12(10)11-7-6-8-4-2-1-3-5-8;/h1-7H;/q-1;+1. The molecule has 0 amide bonds. The van der Waals surface area contributed by atoms with Crippen molar-refractivity contribution < 1.29 is 31.5 Å². The molecule has 0 fully saturated rings. The van der Waals surface area contributed by atoms with Crippen LogP contribution in [0.4, 0.5) is 0 Å². The van der Waals surface area contributed by atoms with E-state index in [1.165, 1.54) is 0 Å². The molecule has 0 saturated carbocycles. The van der Waals surface area contributed by atoms with E-state index >= 15 is 0 Å². The molecule has 13 heavy (non-hydrogen) atoms. The maximum atomic E-state index is 9.92. The minimum Gasteiger partial charge on any atom is -0.539 e. The minimum atomic E-state index is -2.48. The van der Waals surface area contributed by atoms with Gasteiger partial charge in [-0.15, -0.1) is 0 Å². The van der Waals surface area contributed by atoms with Crippen molar-refractivity contribution in [1.82, 2.24) is 0 Å². The molecule has 1 rings (SSSR count). The summed E-state index contributed by atoms with van der Waals surface area (Å²) in [4.78, 5) is 0. The summed E-state index contributed by atoms with van der Waals surface area (Å²) in [6, 6.07) is 9.27. The first-order valence-corrected chi connectivity index (χ1v) is 4.27. The molecular weight excluding hydrogens is 183 g/mol. The second-order valence-corrected chi connectivity index (χ2v) is 2.61. The average Bonchev–Trinajstić information content (AvgIpc) is 2.05. The summed E-state index contributed by atoms with van der Waals surface area (Å²) in [5, 5.41) is 0. The van der Waals surface area contributed by atoms with E-state index in [1.807, 2.05) is 30.3 Å². The van der Waals surface area contributed by atoms with E-state index in [1.54, 1.807) is 6.08 Å². The third-order valence-electron chi connectivity index (χ3n) is 1.19. The Bertz CT molecular complexity index is 325. The maximum Gasteiger partial charge on any atom is 1.00 e. The molecule has 0 aromatic heterocycles. The molecule has 0 aliphatic heterocycles. The van der Waals surface area contributed by atoms with Gasteiger partial charge in [0.1, 0.15) is 11.0 Å². The van der Waals surface area contributed by atoms with Gasteiger partial charge in [0.05, 0.1) is 6.26 Å². The third kappa shape index (κ3) is 5.53. The van der Waals surface area contributed by atoms with E-state index in [9.17, 15) is 8.42 Å². The van der Waals surface area contributed by atoms with Crippen molar-refractivity contribution in [3.8, 4) is 0 Å².